The summed E-state index contributed by atoms with van der Waals surface area (Å²) in [5.74, 6) is -0.194. The van der Waals surface area contributed by atoms with Crippen LogP contribution in [0.25, 0.3) is 0 Å². The molecule has 1 aromatic heterocycles. The number of hydrogen-bond donors (Lipinski definition) is 2. The van der Waals surface area contributed by atoms with Crippen molar-refractivity contribution in [1.29, 1.82) is 0 Å². The van der Waals surface area contributed by atoms with Crippen molar-refractivity contribution in [2.75, 3.05) is 5.32 Å². The van der Waals surface area contributed by atoms with E-state index < -0.39 is 17.8 Å². The van der Waals surface area contributed by atoms with E-state index in [1.165, 1.54) is 24.3 Å². The number of amides is 2. The van der Waals surface area contributed by atoms with Crippen LogP contribution in [0.5, 0.6) is 0 Å². The molecule has 2 rings (SSSR count). The first-order chi connectivity index (χ1) is 11.3. The van der Waals surface area contributed by atoms with Crippen molar-refractivity contribution in [3.05, 3.63) is 47.5 Å². The van der Waals surface area contributed by atoms with Crippen LogP contribution in [-0.4, -0.2) is 23.0 Å². The number of carbonyl (C=O) groups is 2. The van der Waals surface area contributed by atoms with Gasteiger partial charge < -0.3 is 15.2 Å². The van der Waals surface area contributed by atoms with E-state index in [-0.39, 0.29) is 17.4 Å². The second-order valence-corrected chi connectivity index (χ2v) is 5.97. The van der Waals surface area contributed by atoms with Gasteiger partial charge in [0.25, 0.3) is 5.91 Å². The van der Waals surface area contributed by atoms with Crippen LogP contribution in [0, 0.1) is 18.7 Å². The average molecular weight is 333 g/mol. The number of aromatic nitrogens is 1. The Bertz CT molecular complexity index is 710. The van der Waals surface area contributed by atoms with Gasteiger partial charge in [-0.2, -0.15) is 0 Å². The van der Waals surface area contributed by atoms with Gasteiger partial charge in [0.2, 0.25) is 5.91 Å². The second kappa shape index (κ2) is 7.72. The number of halogens is 1. The first-order valence-electron chi connectivity index (χ1n) is 7.65. The predicted molar refractivity (Wildman–Crippen MR) is 87.0 cm³/mol. The lowest BCUT2D eigenvalue weighted by Crippen LogP contribution is -2.44. The van der Waals surface area contributed by atoms with E-state index in [0.717, 1.165) is 0 Å². The van der Waals surface area contributed by atoms with Crippen molar-refractivity contribution in [3.8, 4) is 0 Å². The van der Waals surface area contributed by atoms with E-state index in [1.807, 2.05) is 13.8 Å². The highest BCUT2D eigenvalue weighted by atomic mass is 19.1. The second-order valence-electron chi connectivity index (χ2n) is 5.97. The van der Waals surface area contributed by atoms with Crippen molar-refractivity contribution >= 4 is 17.6 Å². The van der Waals surface area contributed by atoms with Crippen molar-refractivity contribution in [2.24, 2.45) is 5.92 Å². The smallest absolute Gasteiger partial charge is 0.251 e. The van der Waals surface area contributed by atoms with Crippen LogP contribution in [0.2, 0.25) is 0 Å². The Morgan fingerprint density at radius 3 is 2.46 bits per heavy atom. The molecule has 0 bridgehead atoms. The third-order valence-corrected chi connectivity index (χ3v) is 3.31. The predicted octanol–water partition coefficient (Wildman–Crippen LogP) is 2.91. The molecule has 1 atom stereocenters. The molecular formula is C17H20FN3O3. The lowest BCUT2D eigenvalue weighted by Gasteiger charge is -2.19. The largest absolute Gasteiger partial charge is 0.360 e. The minimum absolute atomic E-state index is 0.188. The first-order valence-corrected chi connectivity index (χ1v) is 7.65. The summed E-state index contributed by atoms with van der Waals surface area (Å²) in [6.45, 7) is 5.61. The zero-order chi connectivity index (χ0) is 17.7. The minimum atomic E-state index is -0.737. The Hall–Kier alpha value is -2.70. The van der Waals surface area contributed by atoms with Gasteiger partial charge in [-0.3, -0.25) is 9.59 Å². The molecular weight excluding hydrogens is 313 g/mol. The number of benzene rings is 1. The molecule has 0 aliphatic rings. The van der Waals surface area contributed by atoms with Gasteiger partial charge in [-0.25, -0.2) is 4.39 Å². The summed E-state index contributed by atoms with van der Waals surface area (Å²) in [7, 11) is 0. The molecule has 1 aromatic carbocycles. The molecule has 0 aliphatic heterocycles. The number of hydrogen-bond acceptors (Lipinski definition) is 4. The van der Waals surface area contributed by atoms with Crippen molar-refractivity contribution < 1.29 is 18.5 Å². The maximum Gasteiger partial charge on any atom is 0.251 e. The molecule has 2 N–H and O–H groups in total. The molecule has 0 unspecified atom stereocenters. The van der Waals surface area contributed by atoms with Crippen LogP contribution in [0.4, 0.5) is 10.2 Å². The molecule has 0 saturated carbocycles. The first kappa shape index (κ1) is 17.7. The normalized spacial score (nSPS) is 12.0. The van der Waals surface area contributed by atoms with Crippen LogP contribution < -0.4 is 10.6 Å². The van der Waals surface area contributed by atoms with E-state index >= 15 is 0 Å². The molecule has 1 heterocycles. The lowest BCUT2D eigenvalue weighted by atomic mass is 10.0. The standard InChI is InChI=1S/C17H20FN3O3/c1-10(2)8-14(17(23)20-15-9-11(3)24-21-15)19-16(22)12-4-6-13(18)7-5-12/h4-7,9-10,14H,8H2,1-3H3,(H,19,22)(H,20,21,23)/t14-/m0/s1. The van der Waals surface area contributed by atoms with Gasteiger partial charge >= 0.3 is 0 Å². The summed E-state index contributed by atoms with van der Waals surface area (Å²) >= 11 is 0. The molecule has 0 fully saturated rings. The highest BCUT2D eigenvalue weighted by molar-refractivity contribution is 6.00. The van der Waals surface area contributed by atoms with Crippen LogP contribution >= 0.6 is 0 Å². The number of aryl methyl sites for hydroxylation is 1. The molecule has 0 spiro atoms. The summed E-state index contributed by atoms with van der Waals surface area (Å²) in [6.07, 6.45) is 0.454. The van der Waals surface area contributed by atoms with E-state index in [4.69, 9.17) is 4.52 Å². The van der Waals surface area contributed by atoms with Crippen molar-refractivity contribution in [3.63, 3.8) is 0 Å². The molecule has 0 aliphatic carbocycles. The minimum Gasteiger partial charge on any atom is -0.360 e. The summed E-state index contributed by atoms with van der Waals surface area (Å²) in [5, 5.41) is 9.00. The fraction of sp³-hybridized carbons (Fsp3) is 0.353. The monoisotopic (exact) mass is 333 g/mol. The van der Waals surface area contributed by atoms with Crippen molar-refractivity contribution in [1.82, 2.24) is 10.5 Å². The van der Waals surface area contributed by atoms with Gasteiger partial charge in [0, 0.05) is 11.6 Å². The van der Waals surface area contributed by atoms with Gasteiger partial charge in [0.15, 0.2) is 5.82 Å². The number of rotatable bonds is 6. The highest BCUT2D eigenvalue weighted by Crippen LogP contribution is 2.12. The van der Waals surface area contributed by atoms with E-state index in [0.29, 0.717) is 18.0 Å². The van der Waals surface area contributed by atoms with Crippen LogP contribution in [0.1, 0.15) is 36.4 Å². The van der Waals surface area contributed by atoms with Crippen LogP contribution in [0.3, 0.4) is 0 Å². The van der Waals surface area contributed by atoms with Crippen molar-refractivity contribution in [2.45, 2.75) is 33.2 Å². The Kier molecular flexibility index (Phi) is 5.68. The van der Waals surface area contributed by atoms with Crippen LogP contribution in [-0.2, 0) is 4.79 Å². The molecule has 6 nitrogen and oxygen atoms in total. The quantitative estimate of drug-likeness (QED) is 0.851. The van der Waals surface area contributed by atoms with Gasteiger partial charge in [-0.05, 0) is 43.5 Å². The topological polar surface area (TPSA) is 84.2 Å². The number of carbonyl (C=O) groups excluding carboxylic acids is 2. The Morgan fingerprint density at radius 1 is 1.25 bits per heavy atom. The molecule has 128 valence electrons. The summed E-state index contributed by atoms with van der Waals surface area (Å²) in [6, 6.07) is 5.99. The number of nitrogens with one attached hydrogen (secondary N) is 2. The molecule has 0 radical (unpaired) electrons. The van der Waals surface area contributed by atoms with Gasteiger partial charge in [-0.1, -0.05) is 19.0 Å². The fourth-order valence-corrected chi connectivity index (χ4v) is 2.18. The lowest BCUT2D eigenvalue weighted by molar-refractivity contribution is -0.118. The molecule has 24 heavy (non-hydrogen) atoms. The zero-order valence-electron chi connectivity index (χ0n) is 13.8. The van der Waals surface area contributed by atoms with Crippen LogP contribution in [0.15, 0.2) is 34.9 Å². The van der Waals surface area contributed by atoms with Gasteiger partial charge in [0.05, 0.1) is 0 Å². The van der Waals surface area contributed by atoms with Gasteiger partial charge in [-0.15, -0.1) is 0 Å². The number of nitrogens with zero attached hydrogens (tertiary/aromatic N) is 1. The maximum absolute atomic E-state index is 12.9. The third kappa shape index (κ3) is 4.91. The summed E-state index contributed by atoms with van der Waals surface area (Å²) in [4.78, 5) is 24.7. The Labute approximate surface area is 139 Å². The highest BCUT2D eigenvalue weighted by Gasteiger charge is 2.23. The molecule has 2 aromatic rings. The average Bonchev–Trinajstić information content (AvgIpc) is 2.91. The molecule has 7 heteroatoms. The third-order valence-electron chi connectivity index (χ3n) is 3.31. The zero-order valence-corrected chi connectivity index (χ0v) is 13.8. The Balaban J connectivity index is 2.07. The summed E-state index contributed by atoms with van der Waals surface area (Å²) < 4.78 is 17.8. The molecule has 2 amide bonds. The van der Waals surface area contributed by atoms with E-state index in [9.17, 15) is 14.0 Å². The van der Waals surface area contributed by atoms with Gasteiger partial charge in [0.1, 0.15) is 17.6 Å². The summed E-state index contributed by atoms with van der Waals surface area (Å²) in [5.41, 5.74) is 0.287. The van der Waals surface area contributed by atoms with E-state index in [2.05, 4.69) is 15.8 Å². The molecule has 0 saturated heterocycles. The SMILES string of the molecule is Cc1cc(NC(=O)[C@H](CC(C)C)NC(=O)c2ccc(F)cc2)no1. The van der Waals surface area contributed by atoms with E-state index in [1.54, 1.807) is 13.0 Å². The maximum atomic E-state index is 12.9. The number of anilines is 1. The fourth-order valence-electron chi connectivity index (χ4n) is 2.18. The Morgan fingerprint density at radius 2 is 1.92 bits per heavy atom.